The number of nitrogens with one attached hydrogen (secondary N) is 1. The van der Waals surface area contributed by atoms with Crippen molar-refractivity contribution in [2.24, 2.45) is 0 Å². The maximum Gasteiger partial charge on any atom is 0.230 e. The molecule has 3 aromatic rings. The Morgan fingerprint density at radius 1 is 1.32 bits per heavy atom. The molecule has 25 heavy (non-hydrogen) atoms. The lowest BCUT2D eigenvalue weighted by molar-refractivity contribution is -0.115. The summed E-state index contributed by atoms with van der Waals surface area (Å²) in [6.07, 6.45) is 0.266. The number of carbonyl (C=O) groups excluding carboxylic acids is 1. The molecule has 0 spiro atoms. The molecule has 4 nitrogen and oxygen atoms in total. The highest BCUT2D eigenvalue weighted by atomic mass is 35.5. The molecular formula is C18H17ClN2O2S2. The van der Waals surface area contributed by atoms with Gasteiger partial charge in [0.05, 0.1) is 23.2 Å². The van der Waals surface area contributed by atoms with Gasteiger partial charge in [0.25, 0.3) is 0 Å². The molecule has 0 bridgehead atoms. The Balaban J connectivity index is 1.62. The van der Waals surface area contributed by atoms with Crippen LogP contribution in [-0.2, 0) is 11.2 Å². The smallest absolute Gasteiger partial charge is 0.230 e. The van der Waals surface area contributed by atoms with Crippen LogP contribution in [0.25, 0.3) is 10.6 Å². The van der Waals surface area contributed by atoms with Gasteiger partial charge in [0.2, 0.25) is 5.91 Å². The van der Waals surface area contributed by atoms with Gasteiger partial charge in [-0.1, -0.05) is 11.6 Å². The molecule has 0 fully saturated rings. The Hall–Kier alpha value is -1.89. The van der Waals surface area contributed by atoms with Gasteiger partial charge >= 0.3 is 0 Å². The minimum Gasteiger partial charge on any atom is -0.489 e. The molecular weight excluding hydrogens is 376 g/mol. The third-order valence-corrected chi connectivity index (χ3v) is 5.16. The number of benzene rings is 1. The number of ether oxygens (including phenoxy) is 1. The molecule has 0 unspecified atom stereocenters. The Morgan fingerprint density at radius 2 is 2.16 bits per heavy atom. The fraction of sp³-hybridized carbons (Fsp3) is 0.222. The molecule has 0 radical (unpaired) electrons. The molecule has 0 aliphatic rings. The first-order valence-corrected chi connectivity index (χ1v) is 9.94. The lowest BCUT2D eigenvalue weighted by Gasteiger charge is -2.12. The monoisotopic (exact) mass is 392 g/mol. The standard InChI is InChI=1S/C18H17ClN2O2S2/c1-11(2)23-16-4-3-13(7-15(16)19)20-17(22)8-14-10-25-18(21-14)12-5-6-24-9-12/h3-7,9-11H,8H2,1-2H3,(H,20,22). The summed E-state index contributed by atoms with van der Waals surface area (Å²) in [4.78, 5) is 16.7. The second-order valence-corrected chi connectivity index (χ2v) is 7.74. The van der Waals surface area contributed by atoms with Crippen molar-refractivity contribution in [1.29, 1.82) is 0 Å². The highest BCUT2D eigenvalue weighted by Gasteiger charge is 2.11. The van der Waals surface area contributed by atoms with Crippen LogP contribution in [0.4, 0.5) is 5.69 Å². The number of hydrogen-bond donors (Lipinski definition) is 1. The molecule has 0 saturated heterocycles. The number of anilines is 1. The average molecular weight is 393 g/mol. The molecule has 7 heteroatoms. The first-order valence-electron chi connectivity index (χ1n) is 7.74. The third kappa shape index (κ3) is 4.81. The summed E-state index contributed by atoms with van der Waals surface area (Å²) in [5.74, 6) is 0.477. The van der Waals surface area contributed by atoms with Crippen molar-refractivity contribution in [3.63, 3.8) is 0 Å². The van der Waals surface area contributed by atoms with Crippen molar-refractivity contribution < 1.29 is 9.53 Å². The summed E-state index contributed by atoms with van der Waals surface area (Å²) >= 11 is 9.37. The Kier molecular flexibility index (Phi) is 5.73. The van der Waals surface area contributed by atoms with Gasteiger partial charge in [0.15, 0.2) is 0 Å². The normalized spacial score (nSPS) is 10.9. The number of hydrogen-bond acceptors (Lipinski definition) is 5. The summed E-state index contributed by atoms with van der Waals surface area (Å²) in [5, 5.41) is 10.2. The van der Waals surface area contributed by atoms with Crippen LogP contribution >= 0.6 is 34.3 Å². The molecule has 0 atom stereocenters. The lowest BCUT2D eigenvalue weighted by atomic mass is 10.2. The summed E-state index contributed by atoms with van der Waals surface area (Å²) in [6, 6.07) is 7.25. The van der Waals surface area contributed by atoms with E-state index in [1.807, 2.05) is 36.1 Å². The van der Waals surface area contributed by atoms with Gasteiger partial charge in [-0.25, -0.2) is 4.98 Å². The number of thiophene rings is 1. The highest BCUT2D eigenvalue weighted by molar-refractivity contribution is 7.14. The van der Waals surface area contributed by atoms with E-state index in [1.165, 1.54) is 0 Å². The van der Waals surface area contributed by atoms with Crippen LogP contribution in [0.1, 0.15) is 19.5 Å². The van der Waals surface area contributed by atoms with Crippen molar-refractivity contribution in [2.45, 2.75) is 26.4 Å². The second kappa shape index (κ2) is 7.99. The number of thiazole rings is 1. The van der Waals surface area contributed by atoms with E-state index in [0.29, 0.717) is 16.5 Å². The summed E-state index contributed by atoms with van der Waals surface area (Å²) < 4.78 is 5.59. The van der Waals surface area contributed by atoms with Crippen LogP contribution in [-0.4, -0.2) is 17.0 Å². The van der Waals surface area contributed by atoms with Gasteiger partial charge in [-0.15, -0.1) is 11.3 Å². The SMILES string of the molecule is CC(C)Oc1ccc(NC(=O)Cc2csc(-c3ccsc3)n2)cc1Cl. The summed E-state index contributed by atoms with van der Waals surface area (Å²) in [5.41, 5.74) is 2.49. The van der Waals surface area contributed by atoms with Crippen molar-refractivity contribution in [1.82, 2.24) is 4.98 Å². The molecule has 2 heterocycles. The van der Waals surface area contributed by atoms with Crippen LogP contribution in [0.15, 0.2) is 40.4 Å². The largest absolute Gasteiger partial charge is 0.489 e. The van der Waals surface area contributed by atoms with E-state index >= 15 is 0 Å². The van der Waals surface area contributed by atoms with Crippen molar-refractivity contribution in [3.05, 3.63) is 51.1 Å². The molecule has 0 aliphatic carbocycles. The van der Waals surface area contributed by atoms with Crippen LogP contribution in [0, 0.1) is 0 Å². The summed E-state index contributed by atoms with van der Waals surface area (Å²) in [7, 11) is 0. The van der Waals surface area contributed by atoms with Gasteiger partial charge in [-0.3, -0.25) is 4.79 Å². The van der Waals surface area contributed by atoms with Gasteiger partial charge in [0.1, 0.15) is 10.8 Å². The van der Waals surface area contributed by atoms with Gasteiger partial charge in [-0.05, 0) is 43.5 Å². The predicted molar refractivity (Wildman–Crippen MR) is 105 cm³/mol. The zero-order valence-corrected chi connectivity index (χ0v) is 16.2. The molecule has 2 aromatic heterocycles. The number of amides is 1. The number of aromatic nitrogens is 1. The molecule has 3 rings (SSSR count). The number of nitrogens with zero attached hydrogens (tertiary/aromatic N) is 1. The summed E-state index contributed by atoms with van der Waals surface area (Å²) in [6.45, 7) is 3.87. The second-order valence-electron chi connectivity index (χ2n) is 5.69. The first kappa shape index (κ1) is 17.9. The molecule has 1 amide bonds. The lowest BCUT2D eigenvalue weighted by Crippen LogP contribution is -2.14. The van der Waals surface area contributed by atoms with Gasteiger partial charge < -0.3 is 10.1 Å². The van der Waals surface area contributed by atoms with Crippen molar-refractivity contribution in [2.75, 3.05) is 5.32 Å². The third-order valence-electron chi connectivity index (χ3n) is 3.24. The maximum absolute atomic E-state index is 12.2. The quantitative estimate of drug-likeness (QED) is 0.603. The van der Waals surface area contributed by atoms with E-state index in [1.54, 1.807) is 40.9 Å². The van der Waals surface area contributed by atoms with E-state index in [2.05, 4.69) is 10.3 Å². The first-order chi connectivity index (χ1) is 12.0. The minimum atomic E-state index is -0.129. The fourth-order valence-corrected chi connectivity index (χ4v) is 3.96. The van der Waals surface area contributed by atoms with E-state index in [0.717, 1.165) is 16.3 Å². The van der Waals surface area contributed by atoms with Crippen LogP contribution in [0.2, 0.25) is 5.02 Å². The maximum atomic E-state index is 12.2. The predicted octanol–water partition coefficient (Wildman–Crippen LogP) is 5.49. The highest BCUT2D eigenvalue weighted by Crippen LogP contribution is 2.29. The van der Waals surface area contributed by atoms with E-state index in [-0.39, 0.29) is 18.4 Å². The molecule has 1 N–H and O–H groups in total. The molecule has 0 saturated carbocycles. The Morgan fingerprint density at radius 3 is 2.84 bits per heavy atom. The Labute approximate surface area is 159 Å². The van der Waals surface area contributed by atoms with Crippen LogP contribution in [0.5, 0.6) is 5.75 Å². The zero-order valence-electron chi connectivity index (χ0n) is 13.8. The van der Waals surface area contributed by atoms with E-state index in [9.17, 15) is 4.79 Å². The number of halogens is 1. The van der Waals surface area contributed by atoms with E-state index < -0.39 is 0 Å². The minimum absolute atomic E-state index is 0.0417. The molecule has 1 aromatic carbocycles. The van der Waals surface area contributed by atoms with Crippen molar-refractivity contribution >= 4 is 45.9 Å². The van der Waals surface area contributed by atoms with Gasteiger partial charge in [0, 0.05) is 22.0 Å². The fourth-order valence-electron chi connectivity index (χ4n) is 2.20. The van der Waals surface area contributed by atoms with Crippen LogP contribution in [0.3, 0.4) is 0 Å². The Bertz CT molecular complexity index is 860. The molecule has 130 valence electrons. The van der Waals surface area contributed by atoms with Crippen LogP contribution < -0.4 is 10.1 Å². The average Bonchev–Trinajstić information content (AvgIpc) is 3.20. The van der Waals surface area contributed by atoms with Crippen molar-refractivity contribution in [3.8, 4) is 16.3 Å². The molecule has 0 aliphatic heterocycles. The zero-order chi connectivity index (χ0) is 17.8. The number of carbonyl (C=O) groups is 1. The number of rotatable bonds is 6. The van der Waals surface area contributed by atoms with E-state index in [4.69, 9.17) is 16.3 Å². The topological polar surface area (TPSA) is 51.2 Å². The van der Waals surface area contributed by atoms with Gasteiger partial charge in [-0.2, -0.15) is 11.3 Å².